The molecule has 3 heteroatoms. The van der Waals surface area contributed by atoms with Crippen LogP contribution in [0.3, 0.4) is 0 Å². The Morgan fingerprint density at radius 3 is 2.35 bits per heavy atom. The first kappa shape index (κ1) is 15.3. The molecule has 0 saturated heterocycles. The molecular formula is C17H28N2O. The zero-order chi connectivity index (χ0) is 14.5. The minimum absolute atomic E-state index is 0.194. The molecule has 1 saturated carbocycles. The van der Waals surface area contributed by atoms with Crippen molar-refractivity contribution in [3.8, 4) is 0 Å². The van der Waals surface area contributed by atoms with Crippen LogP contribution >= 0.6 is 0 Å². The van der Waals surface area contributed by atoms with Gasteiger partial charge in [0.25, 0.3) is 0 Å². The van der Waals surface area contributed by atoms with E-state index in [1.807, 2.05) is 0 Å². The van der Waals surface area contributed by atoms with E-state index in [9.17, 15) is 5.11 Å². The Balaban J connectivity index is 1.83. The third kappa shape index (κ3) is 3.97. The van der Waals surface area contributed by atoms with Crippen LogP contribution in [0.15, 0.2) is 24.3 Å². The summed E-state index contributed by atoms with van der Waals surface area (Å²) in [7, 11) is 4.10. The van der Waals surface area contributed by atoms with E-state index in [0.29, 0.717) is 12.5 Å². The number of nitrogens with zero attached hydrogens (tertiary/aromatic N) is 1. The first-order valence-corrected chi connectivity index (χ1v) is 7.76. The van der Waals surface area contributed by atoms with Crippen molar-refractivity contribution in [2.75, 3.05) is 25.5 Å². The van der Waals surface area contributed by atoms with Crippen LogP contribution in [0.2, 0.25) is 0 Å². The van der Waals surface area contributed by atoms with Gasteiger partial charge in [-0.05, 0) is 43.4 Å². The van der Waals surface area contributed by atoms with Crippen molar-refractivity contribution in [3.05, 3.63) is 29.8 Å². The van der Waals surface area contributed by atoms with Gasteiger partial charge in [-0.3, -0.25) is 0 Å². The van der Waals surface area contributed by atoms with Gasteiger partial charge in [0.1, 0.15) is 0 Å². The third-order valence-corrected chi connectivity index (χ3v) is 4.49. The molecule has 2 unspecified atom stereocenters. The molecule has 0 amide bonds. The maximum Gasteiger partial charge on any atom is 0.0692 e. The second-order valence-corrected chi connectivity index (χ2v) is 6.23. The molecule has 20 heavy (non-hydrogen) atoms. The first-order chi connectivity index (χ1) is 9.58. The van der Waals surface area contributed by atoms with Gasteiger partial charge in [-0.25, -0.2) is 0 Å². The number of aliphatic hydroxyl groups is 1. The Bertz CT molecular complexity index is 396. The minimum Gasteiger partial charge on any atom is -0.392 e. The normalized spacial score (nSPS) is 19.0. The van der Waals surface area contributed by atoms with Crippen LogP contribution in [0.5, 0.6) is 0 Å². The fraction of sp³-hybridized carbons (Fsp3) is 0.647. The first-order valence-electron chi connectivity index (χ1n) is 7.76. The second-order valence-electron chi connectivity index (χ2n) is 6.23. The van der Waals surface area contributed by atoms with Crippen molar-refractivity contribution in [3.63, 3.8) is 0 Å². The summed E-state index contributed by atoms with van der Waals surface area (Å²) in [5.74, 6) is 0.505. The topological polar surface area (TPSA) is 35.5 Å². The van der Waals surface area contributed by atoms with Crippen molar-refractivity contribution in [1.82, 2.24) is 5.32 Å². The molecule has 0 bridgehead atoms. The van der Waals surface area contributed by atoms with Gasteiger partial charge in [0.2, 0.25) is 0 Å². The van der Waals surface area contributed by atoms with Crippen molar-refractivity contribution in [2.24, 2.45) is 5.92 Å². The molecule has 0 radical (unpaired) electrons. The maximum absolute atomic E-state index is 10.2. The molecule has 1 fully saturated rings. The third-order valence-electron chi connectivity index (χ3n) is 4.49. The van der Waals surface area contributed by atoms with Gasteiger partial charge in [0, 0.05) is 32.4 Å². The molecule has 0 heterocycles. The summed E-state index contributed by atoms with van der Waals surface area (Å²) in [4.78, 5) is 2.10. The van der Waals surface area contributed by atoms with E-state index in [0.717, 1.165) is 0 Å². The monoisotopic (exact) mass is 276 g/mol. The van der Waals surface area contributed by atoms with E-state index < -0.39 is 0 Å². The highest BCUT2D eigenvalue weighted by atomic mass is 16.3. The highest BCUT2D eigenvalue weighted by Crippen LogP contribution is 2.27. The zero-order valence-corrected chi connectivity index (χ0v) is 13.0. The molecule has 1 aromatic carbocycles. The molecule has 1 aromatic rings. The highest BCUT2D eigenvalue weighted by molar-refractivity contribution is 5.46. The van der Waals surface area contributed by atoms with E-state index in [2.05, 4.69) is 55.5 Å². The SMILES string of the molecule is CC(NCC(O)C1CCCC1)c1ccc(N(C)C)cc1. The molecule has 2 rings (SSSR count). The van der Waals surface area contributed by atoms with Crippen molar-refractivity contribution in [1.29, 1.82) is 0 Å². The Kier molecular flexibility index (Phi) is 5.44. The van der Waals surface area contributed by atoms with Crippen LogP contribution in [0, 0.1) is 5.92 Å². The van der Waals surface area contributed by atoms with E-state index in [1.54, 1.807) is 0 Å². The van der Waals surface area contributed by atoms with Crippen LogP contribution in [0.1, 0.15) is 44.2 Å². The zero-order valence-electron chi connectivity index (χ0n) is 13.0. The summed E-state index contributed by atoms with van der Waals surface area (Å²) in [6.07, 6.45) is 4.75. The van der Waals surface area contributed by atoms with Gasteiger partial charge in [0.05, 0.1) is 6.10 Å². The molecular weight excluding hydrogens is 248 g/mol. The Hall–Kier alpha value is -1.06. The molecule has 3 nitrogen and oxygen atoms in total. The number of nitrogens with one attached hydrogen (secondary N) is 1. The summed E-state index contributed by atoms with van der Waals surface area (Å²) < 4.78 is 0. The second kappa shape index (κ2) is 7.09. The highest BCUT2D eigenvalue weighted by Gasteiger charge is 2.23. The fourth-order valence-electron chi connectivity index (χ4n) is 2.99. The van der Waals surface area contributed by atoms with Gasteiger partial charge >= 0.3 is 0 Å². The molecule has 112 valence electrons. The predicted molar refractivity (Wildman–Crippen MR) is 85.2 cm³/mol. The van der Waals surface area contributed by atoms with E-state index in [-0.39, 0.29) is 12.1 Å². The van der Waals surface area contributed by atoms with E-state index >= 15 is 0 Å². The van der Waals surface area contributed by atoms with Crippen molar-refractivity contribution < 1.29 is 5.11 Å². The summed E-state index contributed by atoms with van der Waals surface area (Å²) in [5.41, 5.74) is 2.49. The predicted octanol–water partition coefficient (Wildman–Crippen LogP) is 2.95. The lowest BCUT2D eigenvalue weighted by Crippen LogP contribution is -2.33. The van der Waals surface area contributed by atoms with Gasteiger partial charge in [-0.2, -0.15) is 0 Å². The van der Waals surface area contributed by atoms with E-state index in [1.165, 1.54) is 36.9 Å². The summed E-state index contributed by atoms with van der Waals surface area (Å²) in [6, 6.07) is 8.88. The fourth-order valence-corrected chi connectivity index (χ4v) is 2.99. The number of aliphatic hydroxyl groups excluding tert-OH is 1. The van der Waals surface area contributed by atoms with Gasteiger partial charge in [-0.15, -0.1) is 0 Å². The van der Waals surface area contributed by atoms with Crippen molar-refractivity contribution in [2.45, 2.75) is 44.8 Å². The van der Waals surface area contributed by atoms with Crippen LogP contribution in [-0.2, 0) is 0 Å². The average Bonchev–Trinajstić information content (AvgIpc) is 2.98. The van der Waals surface area contributed by atoms with Crippen LogP contribution in [0.25, 0.3) is 0 Å². The Morgan fingerprint density at radius 1 is 1.20 bits per heavy atom. The van der Waals surface area contributed by atoms with Gasteiger partial charge < -0.3 is 15.3 Å². The average molecular weight is 276 g/mol. The number of anilines is 1. The molecule has 2 N–H and O–H groups in total. The van der Waals surface area contributed by atoms with Crippen LogP contribution in [0.4, 0.5) is 5.69 Å². The largest absolute Gasteiger partial charge is 0.392 e. The van der Waals surface area contributed by atoms with Crippen molar-refractivity contribution >= 4 is 5.69 Å². The number of hydrogen-bond acceptors (Lipinski definition) is 3. The molecule has 0 aromatic heterocycles. The Morgan fingerprint density at radius 2 is 1.80 bits per heavy atom. The lowest BCUT2D eigenvalue weighted by molar-refractivity contribution is 0.106. The summed E-state index contributed by atoms with van der Waals surface area (Å²) in [5, 5.41) is 13.7. The summed E-state index contributed by atoms with van der Waals surface area (Å²) in [6.45, 7) is 2.85. The number of hydrogen-bond donors (Lipinski definition) is 2. The minimum atomic E-state index is -0.194. The standard InChI is InChI=1S/C17H28N2O/c1-13(14-8-10-16(11-9-14)19(2)3)18-12-17(20)15-6-4-5-7-15/h8-11,13,15,17-18,20H,4-7,12H2,1-3H3. The quantitative estimate of drug-likeness (QED) is 0.838. The van der Waals surface area contributed by atoms with E-state index in [4.69, 9.17) is 0 Å². The Labute approximate surface area is 123 Å². The van der Waals surface area contributed by atoms with Gasteiger partial charge in [0.15, 0.2) is 0 Å². The lowest BCUT2D eigenvalue weighted by Gasteiger charge is -2.22. The van der Waals surface area contributed by atoms with Crippen LogP contribution in [-0.4, -0.2) is 31.9 Å². The smallest absolute Gasteiger partial charge is 0.0692 e. The molecule has 1 aliphatic rings. The molecule has 0 aliphatic heterocycles. The maximum atomic E-state index is 10.2. The molecule has 1 aliphatic carbocycles. The summed E-state index contributed by atoms with van der Waals surface area (Å²) >= 11 is 0. The number of rotatable bonds is 6. The van der Waals surface area contributed by atoms with Gasteiger partial charge in [-0.1, -0.05) is 25.0 Å². The van der Waals surface area contributed by atoms with Crippen LogP contribution < -0.4 is 10.2 Å². The lowest BCUT2D eigenvalue weighted by atomic mass is 10.00. The number of benzene rings is 1. The molecule has 2 atom stereocenters. The molecule has 0 spiro atoms.